The molecule has 3 aliphatic rings. The second kappa shape index (κ2) is 10.6. The molecule has 3 saturated carbocycles. The van der Waals surface area contributed by atoms with Crippen molar-refractivity contribution in [3.63, 3.8) is 0 Å². The molecule has 3 fully saturated rings. The minimum atomic E-state index is -4.37. The number of hydrogen-bond acceptors (Lipinski definition) is 5. The number of nitrogens with two attached hydrogens (primary N) is 1. The smallest absolute Gasteiger partial charge is 0.416 e. The molecule has 5 nitrogen and oxygen atoms in total. The summed E-state index contributed by atoms with van der Waals surface area (Å²) in [6.45, 7) is 5.70. The van der Waals surface area contributed by atoms with E-state index in [1.54, 1.807) is 19.9 Å². The fraction of sp³-hybridized carbons (Fsp3) is 0.621. The number of carbonyl (C=O) groups is 2. The number of esters is 1. The number of alkyl halides is 3. The van der Waals surface area contributed by atoms with E-state index in [1.165, 1.54) is 6.07 Å². The predicted octanol–water partition coefficient (Wildman–Crippen LogP) is 6.28. The highest BCUT2D eigenvalue weighted by Crippen LogP contribution is 2.64. The Balaban J connectivity index is 1.45. The average Bonchev–Trinajstić information content (AvgIpc) is 3.38. The lowest BCUT2D eigenvalue weighted by Crippen LogP contribution is -2.23. The number of nitrogens with zero attached hydrogens (tertiary/aromatic N) is 1. The number of Topliss-reactive ketones (excluding diaryl/α,β-unsaturated/α-hetero) is 1. The first kappa shape index (κ1) is 27.4. The number of halogens is 3. The van der Waals surface area contributed by atoms with Crippen LogP contribution in [0.25, 0.3) is 0 Å². The van der Waals surface area contributed by atoms with Crippen LogP contribution in [0.2, 0.25) is 0 Å². The third-order valence-corrected chi connectivity index (χ3v) is 8.59. The third kappa shape index (κ3) is 5.78. The van der Waals surface area contributed by atoms with Crippen LogP contribution in [0.5, 0.6) is 0 Å². The van der Waals surface area contributed by atoms with Crippen molar-refractivity contribution in [2.75, 3.05) is 13.2 Å². The lowest BCUT2D eigenvalue weighted by molar-refractivity contribution is -0.139. The number of allylic oxidation sites excluding steroid dienone is 1. The van der Waals surface area contributed by atoms with Crippen LogP contribution in [0.15, 0.2) is 34.5 Å². The molecule has 0 spiro atoms. The van der Waals surface area contributed by atoms with Crippen LogP contribution in [-0.2, 0) is 20.5 Å². The van der Waals surface area contributed by atoms with Crippen LogP contribution in [0.3, 0.4) is 0 Å². The van der Waals surface area contributed by atoms with Crippen molar-refractivity contribution in [3.8, 4) is 0 Å². The number of ketones is 1. The molecule has 1 aromatic carbocycles. The molecule has 0 saturated heterocycles. The highest BCUT2D eigenvalue weighted by molar-refractivity contribution is 6.10. The molecule has 37 heavy (non-hydrogen) atoms. The topological polar surface area (TPSA) is 81.8 Å². The van der Waals surface area contributed by atoms with Crippen LogP contribution in [0.1, 0.15) is 87.8 Å². The van der Waals surface area contributed by atoms with Gasteiger partial charge in [0.05, 0.1) is 18.7 Å². The van der Waals surface area contributed by atoms with Crippen molar-refractivity contribution in [1.82, 2.24) is 0 Å². The van der Waals surface area contributed by atoms with Crippen molar-refractivity contribution in [1.29, 1.82) is 0 Å². The maximum absolute atomic E-state index is 13.4. The summed E-state index contributed by atoms with van der Waals surface area (Å²) < 4.78 is 45.4. The quantitative estimate of drug-likeness (QED) is 0.355. The van der Waals surface area contributed by atoms with Crippen LogP contribution < -0.4 is 5.73 Å². The number of fused-ring (bicyclic) bond motifs is 1. The molecular weight excluding hydrogens is 481 g/mol. The first-order valence-corrected chi connectivity index (χ1v) is 13.4. The Morgan fingerprint density at radius 1 is 1.16 bits per heavy atom. The van der Waals surface area contributed by atoms with Gasteiger partial charge in [0.15, 0.2) is 5.78 Å². The minimum absolute atomic E-state index is 0.00465. The van der Waals surface area contributed by atoms with Crippen LogP contribution in [0, 0.1) is 24.2 Å². The van der Waals surface area contributed by atoms with E-state index in [1.807, 2.05) is 0 Å². The van der Waals surface area contributed by atoms with E-state index in [4.69, 9.17) is 10.5 Å². The van der Waals surface area contributed by atoms with Gasteiger partial charge in [-0.1, -0.05) is 31.9 Å². The van der Waals surface area contributed by atoms with Gasteiger partial charge in [0.1, 0.15) is 5.70 Å². The SMILES string of the molecule is CCOC(=O)/C(N)=C1/C(=NCC(=O)C2CCCCC(c3cccc(C(F)(F)F)c3C)CC2)CC2(C)C[C@@H]12. The van der Waals surface area contributed by atoms with E-state index in [9.17, 15) is 22.8 Å². The molecule has 0 bridgehead atoms. The van der Waals surface area contributed by atoms with Gasteiger partial charge in [0.2, 0.25) is 0 Å². The molecule has 0 aliphatic heterocycles. The van der Waals surface area contributed by atoms with Gasteiger partial charge in [-0.25, -0.2) is 4.79 Å². The van der Waals surface area contributed by atoms with Gasteiger partial charge < -0.3 is 10.5 Å². The first-order chi connectivity index (χ1) is 17.5. The molecule has 3 unspecified atom stereocenters. The number of aliphatic imine (C=N–C) groups is 1. The Hall–Kier alpha value is -2.64. The molecule has 202 valence electrons. The van der Waals surface area contributed by atoms with Crippen LogP contribution in [0.4, 0.5) is 13.2 Å². The van der Waals surface area contributed by atoms with Crippen molar-refractivity contribution < 1.29 is 27.5 Å². The molecule has 4 rings (SSSR count). The Morgan fingerprint density at radius 3 is 2.59 bits per heavy atom. The second-order valence-electron chi connectivity index (χ2n) is 11.1. The van der Waals surface area contributed by atoms with E-state index in [2.05, 4.69) is 11.9 Å². The van der Waals surface area contributed by atoms with E-state index in [0.717, 1.165) is 55.0 Å². The standard InChI is InChI=1S/C29H37F3N2O3/c1-4-37-27(36)26(33)25-22-14-28(22,3)15-23(25)34-16-24(35)19-9-6-5-8-18(12-13-19)20-10-7-11-21(17(20)2)29(30,31)32/h7,10-11,18-19,22H,4-6,8-9,12-16,33H2,1-3H3/b26-25-,34-23?/t18?,19?,22-,28?/m0/s1. The lowest BCUT2D eigenvalue weighted by atomic mass is 9.79. The molecule has 2 N–H and O–H groups in total. The van der Waals surface area contributed by atoms with Gasteiger partial charge >= 0.3 is 12.1 Å². The van der Waals surface area contributed by atoms with Crippen molar-refractivity contribution in [2.24, 2.45) is 28.0 Å². The maximum atomic E-state index is 13.4. The van der Waals surface area contributed by atoms with E-state index in [-0.39, 0.29) is 47.8 Å². The normalized spacial score (nSPS) is 30.3. The van der Waals surface area contributed by atoms with Gasteiger partial charge in [0, 0.05) is 17.2 Å². The zero-order valence-electron chi connectivity index (χ0n) is 21.9. The van der Waals surface area contributed by atoms with Gasteiger partial charge in [-0.2, -0.15) is 13.2 Å². The van der Waals surface area contributed by atoms with Crippen molar-refractivity contribution in [3.05, 3.63) is 46.2 Å². The second-order valence-corrected chi connectivity index (χ2v) is 11.1. The molecule has 4 atom stereocenters. The molecule has 0 amide bonds. The molecule has 3 aliphatic carbocycles. The maximum Gasteiger partial charge on any atom is 0.416 e. The molecule has 1 aromatic rings. The Kier molecular flexibility index (Phi) is 7.86. The van der Waals surface area contributed by atoms with E-state index in [0.29, 0.717) is 24.8 Å². The third-order valence-electron chi connectivity index (χ3n) is 8.59. The molecule has 0 aromatic heterocycles. The first-order valence-electron chi connectivity index (χ1n) is 13.4. The van der Waals surface area contributed by atoms with Crippen LogP contribution >= 0.6 is 0 Å². The molecule has 0 radical (unpaired) electrons. The van der Waals surface area contributed by atoms with E-state index < -0.39 is 17.7 Å². The minimum Gasteiger partial charge on any atom is -0.461 e. The highest BCUT2D eigenvalue weighted by Gasteiger charge is 2.59. The van der Waals surface area contributed by atoms with Gasteiger partial charge in [-0.15, -0.1) is 0 Å². The van der Waals surface area contributed by atoms with Gasteiger partial charge in [-0.3, -0.25) is 9.79 Å². The number of ether oxygens (including phenoxy) is 1. The zero-order valence-corrected chi connectivity index (χ0v) is 21.9. The molecule has 0 heterocycles. The summed E-state index contributed by atoms with van der Waals surface area (Å²) in [5.41, 5.74) is 8.23. The number of benzene rings is 1. The summed E-state index contributed by atoms with van der Waals surface area (Å²) in [7, 11) is 0. The van der Waals surface area contributed by atoms with E-state index >= 15 is 0 Å². The summed E-state index contributed by atoms with van der Waals surface area (Å²) in [6, 6.07) is 4.42. The van der Waals surface area contributed by atoms with Gasteiger partial charge in [0.25, 0.3) is 0 Å². The van der Waals surface area contributed by atoms with Gasteiger partial charge in [-0.05, 0) is 86.8 Å². The predicted molar refractivity (Wildman–Crippen MR) is 136 cm³/mol. The Morgan fingerprint density at radius 2 is 1.89 bits per heavy atom. The summed E-state index contributed by atoms with van der Waals surface area (Å²) in [5.74, 6) is -0.467. The van der Waals surface area contributed by atoms with Crippen molar-refractivity contribution in [2.45, 2.75) is 84.2 Å². The van der Waals surface area contributed by atoms with Crippen LogP contribution in [-0.4, -0.2) is 30.6 Å². The number of carbonyl (C=O) groups excluding carboxylic acids is 2. The number of hydrogen-bond donors (Lipinski definition) is 1. The number of rotatable bonds is 6. The lowest BCUT2D eigenvalue weighted by Gasteiger charge is -2.26. The zero-order chi connectivity index (χ0) is 27.0. The molecule has 8 heteroatoms. The summed E-state index contributed by atoms with van der Waals surface area (Å²) in [5, 5.41) is 0. The molecular formula is C29H37F3N2O3. The Bertz CT molecular complexity index is 1120. The summed E-state index contributed by atoms with van der Waals surface area (Å²) in [6.07, 6.45) is 1.93. The Labute approximate surface area is 216 Å². The summed E-state index contributed by atoms with van der Waals surface area (Å²) in [4.78, 5) is 30.1. The largest absolute Gasteiger partial charge is 0.461 e. The average molecular weight is 519 g/mol. The monoisotopic (exact) mass is 518 g/mol. The summed E-state index contributed by atoms with van der Waals surface area (Å²) >= 11 is 0. The highest BCUT2D eigenvalue weighted by atomic mass is 19.4. The fourth-order valence-electron chi connectivity index (χ4n) is 6.35. The van der Waals surface area contributed by atoms with Crippen molar-refractivity contribution >= 4 is 17.5 Å². The fourth-order valence-corrected chi connectivity index (χ4v) is 6.35.